The summed E-state index contributed by atoms with van der Waals surface area (Å²) in [6.45, 7) is 4.29. The van der Waals surface area contributed by atoms with Crippen molar-refractivity contribution in [1.29, 1.82) is 0 Å². The monoisotopic (exact) mass is 270 g/mol. The normalized spacial score (nSPS) is 31.1. The van der Waals surface area contributed by atoms with Crippen LogP contribution in [0.25, 0.3) is 0 Å². The summed E-state index contributed by atoms with van der Waals surface area (Å²) in [7, 11) is 7.23. The van der Waals surface area contributed by atoms with Crippen molar-refractivity contribution in [2.75, 3.05) is 13.2 Å². The van der Waals surface area contributed by atoms with E-state index in [0.29, 0.717) is 0 Å². The van der Waals surface area contributed by atoms with Gasteiger partial charge in [0.2, 0.25) is 0 Å². The van der Waals surface area contributed by atoms with Crippen molar-refractivity contribution in [2.45, 2.75) is 38.3 Å². The average Bonchev–Trinajstić information content (AvgIpc) is 2.25. The van der Waals surface area contributed by atoms with Crippen molar-refractivity contribution in [3.63, 3.8) is 0 Å². The minimum absolute atomic E-state index is 0.175. The minimum atomic E-state index is 0.175. The fraction of sp³-hybridized carbons (Fsp3) is 1.00. The van der Waals surface area contributed by atoms with Gasteiger partial charge in [0.25, 0.3) is 0 Å². The van der Waals surface area contributed by atoms with Crippen molar-refractivity contribution in [3.8, 4) is 0 Å². The van der Waals surface area contributed by atoms with Gasteiger partial charge in [-0.1, -0.05) is 35.0 Å². The van der Waals surface area contributed by atoms with E-state index in [2.05, 4.69) is 24.8 Å². The van der Waals surface area contributed by atoms with Crippen LogP contribution >= 0.6 is 33.1 Å². The second-order valence-electron chi connectivity index (χ2n) is 3.87. The predicted octanol–water partition coefficient (Wildman–Crippen LogP) is 4.24. The van der Waals surface area contributed by atoms with E-state index in [1.54, 1.807) is 0 Å². The first-order valence-corrected chi connectivity index (χ1v) is 12.1. The quantitative estimate of drug-likeness (QED) is 0.679. The molecule has 0 bridgehead atoms. The van der Waals surface area contributed by atoms with Crippen LogP contribution in [0.2, 0.25) is 0 Å². The van der Waals surface area contributed by atoms with Gasteiger partial charge in [-0.05, 0) is 24.4 Å². The molecule has 5 heteroatoms. The Morgan fingerprint density at radius 1 is 1.57 bits per heavy atom. The molecule has 0 saturated carbocycles. The third kappa shape index (κ3) is 4.28. The Morgan fingerprint density at radius 2 is 2.36 bits per heavy atom. The molecule has 1 fully saturated rings. The highest BCUT2D eigenvalue weighted by Gasteiger charge is 2.28. The maximum atomic E-state index is 5.60. The largest absolute Gasteiger partial charge is 0.381 e. The summed E-state index contributed by atoms with van der Waals surface area (Å²) in [5, 5.41) is 0. The molecule has 1 aliphatic rings. The maximum Gasteiger partial charge on any atom is 0.0500 e. The second kappa shape index (κ2) is 7.87. The number of hydrogen-bond donors (Lipinski definition) is 0. The van der Waals surface area contributed by atoms with Crippen molar-refractivity contribution in [2.24, 2.45) is 5.92 Å². The highest BCUT2D eigenvalue weighted by atomic mass is 32.6. The van der Waals surface area contributed by atoms with E-state index < -0.39 is 0 Å². The molecular weight excluding hydrogens is 248 g/mol. The summed E-state index contributed by atoms with van der Waals surface area (Å²) in [4.78, 5) is 0. The highest BCUT2D eigenvalue weighted by molar-refractivity contribution is 8.61. The van der Waals surface area contributed by atoms with Crippen LogP contribution in [0, 0.1) is 5.92 Å². The van der Waals surface area contributed by atoms with Crippen LogP contribution in [0.4, 0.5) is 0 Å². The zero-order chi connectivity index (χ0) is 10.4. The Bertz CT molecular complexity index is 156. The van der Waals surface area contributed by atoms with Gasteiger partial charge in [-0.25, -0.2) is 0 Å². The molecule has 0 aromatic rings. The van der Waals surface area contributed by atoms with Gasteiger partial charge in [0.05, 0.1) is 6.61 Å². The SMILES string of the molecule is CCCCC1COCCC1P(P)PP. The molecule has 84 valence electrons. The zero-order valence-electron chi connectivity index (χ0n) is 8.91. The summed E-state index contributed by atoms with van der Waals surface area (Å²) in [6.07, 6.45) is 5.37. The lowest BCUT2D eigenvalue weighted by molar-refractivity contribution is 0.0547. The summed E-state index contributed by atoms with van der Waals surface area (Å²) < 4.78 is 5.60. The molecular formula is C9H22OP4. The molecule has 1 heterocycles. The molecule has 0 aromatic carbocycles. The van der Waals surface area contributed by atoms with Gasteiger partial charge in [-0.15, -0.1) is 17.9 Å². The lowest BCUT2D eigenvalue weighted by Gasteiger charge is -2.35. The molecule has 6 atom stereocenters. The minimum Gasteiger partial charge on any atom is -0.381 e. The fourth-order valence-corrected chi connectivity index (χ4v) is 7.75. The van der Waals surface area contributed by atoms with E-state index in [0.717, 1.165) is 32.7 Å². The maximum absolute atomic E-state index is 5.60. The van der Waals surface area contributed by atoms with Gasteiger partial charge in [0.1, 0.15) is 0 Å². The predicted molar refractivity (Wildman–Crippen MR) is 76.9 cm³/mol. The number of hydrogen-bond acceptors (Lipinski definition) is 1. The van der Waals surface area contributed by atoms with Crippen LogP contribution in [-0.4, -0.2) is 18.9 Å². The van der Waals surface area contributed by atoms with E-state index in [1.165, 1.54) is 25.7 Å². The van der Waals surface area contributed by atoms with Crippen LogP contribution in [-0.2, 0) is 4.74 Å². The Hall–Kier alpha value is 1.68. The summed E-state index contributed by atoms with van der Waals surface area (Å²) in [5.74, 6) is 0.848. The lowest BCUT2D eigenvalue weighted by Crippen LogP contribution is -2.29. The smallest absolute Gasteiger partial charge is 0.0500 e. The third-order valence-electron chi connectivity index (χ3n) is 2.87. The van der Waals surface area contributed by atoms with Gasteiger partial charge in [0, 0.05) is 6.61 Å². The molecule has 1 aliphatic heterocycles. The van der Waals surface area contributed by atoms with Gasteiger partial charge < -0.3 is 4.74 Å². The first-order valence-electron chi connectivity index (χ1n) is 5.37. The molecule has 6 unspecified atom stereocenters. The van der Waals surface area contributed by atoms with Gasteiger partial charge in [-0.3, -0.25) is 0 Å². The first-order chi connectivity index (χ1) is 6.79. The Labute approximate surface area is 95.5 Å². The Balaban J connectivity index is 2.41. The summed E-state index contributed by atoms with van der Waals surface area (Å²) in [5.41, 5.74) is 0.950. The van der Waals surface area contributed by atoms with Crippen LogP contribution in [0.5, 0.6) is 0 Å². The van der Waals surface area contributed by atoms with Crippen molar-refractivity contribution in [3.05, 3.63) is 0 Å². The number of rotatable bonds is 5. The molecule has 0 aliphatic carbocycles. The number of unbranched alkanes of at least 4 members (excludes halogenated alkanes) is 1. The van der Waals surface area contributed by atoms with E-state index in [-0.39, 0.29) is 7.30 Å². The van der Waals surface area contributed by atoms with Crippen LogP contribution in [0.3, 0.4) is 0 Å². The molecule has 0 radical (unpaired) electrons. The van der Waals surface area contributed by atoms with E-state index in [4.69, 9.17) is 4.74 Å². The molecule has 0 N–H and O–H groups in total. The third-order valence-corrected chi connectivity index (χ3v) is 14.3. The number of ether oxygens (including phenoxy) is 1. The average molecular weight is 270 g/mol. The molecule has 0 spiro atoms. The Kier molecular flexibility index (Phi) is 7.73. The van der Waals surface area contributed by atoms with E-state index in [9.17, 15) is 0 Å². The fourth-order valence-electron chi connectivity index (χ4n) is 1.99. The van der Waals surface area contributed by atoms with Crippen molar-refractivity contribution >= 4 is 33.1 Å². The van der Waals surface area contributed by atoms with Crippen molar-refractivity contribution < 1.29 is 4.74 Å². The van der Waals surface area contributed by atoms with Crippen LogP contribution in [0.15, 0.2) is 0 Å². The molecule has 14 heavy (non-hydrogen) atoms. The highest BCUT2D eigenvalue weighted by Crippen LogP contribution is 2.71. The molecule has 1 rings (SSSR count). The summed E-state index contributed by atoms with van der Waals surface area (Å²) >= 11 is 0. The molecule has 1 nitrogen and oxygen atoms in total. The standard InChI is InChI=1S/C9H22OP4/c1-2-3-4-8-7-10-6-5-9(8)14(12)13-11/h8-9,13H,2-7,11-12H2,1H3. The van der Waals surface area contributed by atoms with Crippen molar-refractivity contribution in [1.82, 2.24) is 0 Å². The summed E-state index contributed by atoms with van der Waals surface area (Å²) in [6, 6.07) is 0. The van der Waals surface area contributed by atoms with E-state index >= 15 is 0 Å². The molecule has 1 saturated heterocycles. The van der Waals surface area contributed by atoms with Crippen LogP contribution < -0.4 is 0 Å². The zero-order valence-corrected chi connectivity index (χ0v) is 13.1. The van der Waals surface area contributed by atoms with E-state index in [1.807, 2.05) is 0 Å². The lowest BCUT2D eigenvalue weighted by atomic mass is 9.95. The van der Waals surface area contributed by atoms with Crippen LogP contribution in [0.1, 0.15) is 32.6 Å². The second-order valence-corrected chi connectivity index (χ2v) is 13.5. The van der Waals surface area contributed by atoms with Gasteiger partial charge >= 0.3 is 0 Å². The first kappa shape index (κ1) is 13.7. The Morgan fingerprint density at radius 3 is 3.00 bits per heavy atom. The van der Waals surface area contributed by atoms with Gasteiger partial charge in [-0.2, -0.15) is 0 Å². The van der Waals surface area contributed by atoms with Gasteiger partial charge in [0.15, 0.2) is 0 Å². The topological polar surface area (TPSA) is 9.23 Å². The molecule has 0 amide bonds. The molecule has 0 aromatic heterocycles.